The molecule has 76 valence electrons. The highest BCUT2D eigenvalue weighted by molar-refractivity contribution is 9.10. The minimum absolute atomic E-state index is 0.666. The molecule has 1 aliphatic heterocycles. The van der Waals surface area contributed by atoms with E-state index in [0.29, 0.717) is 6.04 Å². The molecule has 1 aromatic carbocycles. The van der Waals surface area contributed by atoms with Crippen LogP contribution < -0.4 is 10.2 Å². The van der Waals surface area contributed by atoms with E-state index >= 15 is 0 Å². The van der Waals surface area contributed by atoms with Gasteiger partial charge in [0.1, 0.15) is 0 Å². The molecule has 1 aromatic rings. The molecule has 1 fully saturated rings. The number of hydrogen-bond donors (Lipinski definition) is 1. The summed E-state index contributed by atoms with van der Waals surface area (Å²) in [5.41, 5.74) is 2.63. The molecule has 0 bridgehead atoms. The smallest absolute Gasteiger partial charge is 0.0418 e. The van der Waals surface area contributed by atoms with Gasteiger partial charge in [0.05, 0.1) is 0 Å². The maximum absolute atomic E-state index is 3.51. The lowest BCUT2D eigenvalue weighted by molar-refractivity contribution is 0.450. The number of hydrogen-bond acceptors (Lipinski definition) is 2. The molecule has 0 aliphatic carbocycles. The molecule has 14 heavy (non-hydrogen) atoms. The summed E-state index contributed by atoms with van der Waals surface area (Å²) in [4.78, 5) is 2.39. The quantitative estimate of drug-likeness (QED) is 0.871. The van der Waals surface area contributed by atoms with E-state index in [1.807, 2.05) is 7.05 Å². The van der Waals surface area contributed by atoms with Crippen LogP contribution in [0, 0.1) is 6.92 Å². The third-order valence-electron chi connectivity index (χ3n) is 2.80. The lowest BCUT2D eigenvalue weighted by Crippen LogP contribution is -2.57. The Morgan fingerprint density at radius 2 is 2.14 bits per heavy atom. The first-order chi connectivity index (χ1) is 6.70. The highest BCUT2D eigenvalue weighted by Gasteiger charge is 2.25. The summed E-state index contributed by atoms with van der Waals surface area (Å²) in [6.45, 7) is 4.37. The van der Waals surface area contributed by atoms with E-state index in [0.717, 1.165) is 13.1 Å². The average molecular weight is 255 g/mol. The third-order valence-corrected chi connectivity index (χ3v) is 3.69. The van der Waals surface area contributed by atoms with Gasteiger partial charge in [-0.3, -0.25) is 0 Å². The maximum atomic E-state index is 3.51. The van der Waals surface area contributed by atoms with Crippen LogP contribution in [0.3, 0.4) is 0 Å². The molecule has 0 saturated carbocycles. The summed E-state index contributed by atoms with van der Waals surface area (Å²) in [6, 6.07) is 7.19. The highest BCUT2D eigenvalue weighted by Crippen LogP contribution is 2.25. The van der Waals surface area contributed by atoms with Gasteiger partial charge in [0.15, 0.2) is 0 Å². The summed E-state index contributed by atoms with van der Waals surface area (Å²) < 4.78 is 1.19. The van der Waals surface area contributed by atoms with E-state index in [4.69, 9.17) is 0 Å². The van der Waals surface area contributed by atoms with Crippen LogP contribution in [0.1, 0.15) is 5.56 Å². The van der Waals surface area contributed by atoms with E-state index in [9.17, 15) is 0 Å². The number of nitrogens with zero attached hydrogens (tertiary/aromatic N) is 1. The SMILES string of the molecule is CNC1CN(c2ccc(Br)c(C)c2)C1. The monoisotopic (exact) mass is 254 g/mol. The van der Waals surface area contributed by atoms with Crippen molar-refractivity contribution in [1.29, 1.82) is 0 Å². The Kier molecular flexibility index (Phi) is 2.79. The van der Waals surface area contributed by atoms with Crippen LogP contribution in [0.4, 0.5) is 5.69 Å². The second kappa shape index (κ2) is 3.91. The van der Waals surface area contributed by atoms with E-state index < -0.39 is 0 Å². The Hall–Kier alpha value is -0.540. The highest BCUT2D eigenvalue weighted by atomic mass is 79.9. The summed E-state index contributed by atoms with van der Waals surface area (Å²) >= 11 is 3.51. The third kappa shape index (κ3) is 1.79. The number of rotatable bonds is 2. The van der Waals surface area contributed by atoms with E-state index in [1.165, 1.54) is 15.7 Å². The molecule has 0 aromatic heterocycles. The van der Waals surface area contributed by atoms with Gasteiger partial charge in [-0.15, -0.1) is 0 Å². The minimum Gasteiger partial charge on any atom is -0.368 e. The summed E-state index contributed by atoms with van der Waals surface area (Å²) in [5.74, 6) is 0. The standard InChI is InChI=1S/C11H15BrN2/c1-8-5-10(3-4-11(8)12)14-6-9(7-14)13-2/h3-5,9,13H,6-7H2,1-2H3. The minimum atomic E-state index is 0.666. The van der Waals surface area contributed by atoms with Gasteiger partial charge < -0.3 is 10.2 Å². The van der Waals surface area contributed by atoms with Gasteiger partial charge in [-0.25, -0.2) is 0 Å². The number of benzene rings is 1. The van der Waals surface area contributed by atoms with Crippen LogP contribution in [0.15, 0.2) is 22.7 Å². The fourth-order valence-electron chi connectivity index (χ4n) is 1.70. The Bertz CT molecular complexity index is 332. The largest absolute Gasteiger partial charge is 0.368 e. The zero-order chi connectivity index (χ0) is 10.1. The zero-order valence-corrected chi connectivity index (χ0v) is 10.1. The van der Waals surface area contributed by atoms with Crippen LogP contribution >= 0.6 is 15.9 Å². The Labute approximate surface area is 93.4 Å². The molecule has 3 heteroatoms. The molecule has 0 spiro atoms. The van der Waals surface area contributed by atoms with Crippen LogP contribution in [0.25, 0.3) is 0 Å². The predicted octanol–water partition coefficient (Wildman–Crippen LogP) is 2.17. The van der Waals surface area contributed by atoms with Crippen LogP contribution in [0.2, 0.25) is 0 Å². The molecule has 1 N–H and O–H groups in total. The molecule has 0 radical (unpaired) electrons. The van der Waals surface area contributed by atoms with Crippen LogP contribution in [-0.4, -0.2) is 26.2 Å². The van der Waals surface area contributed by atoms with Crippen molar-refractivity contribution in [2.45, 2.75) is 13.0 Å². The lowest BCUT2D eigenvalue weighted by atomic mass is 10.1. The van der Waals surface area contributed by atoms with Gasteiger partial charge in [-0.1, -0.05) is 15.9 Å². The van der Waals surface area contributed by atoms with E-state index in [1.54, 1.807) is 0 Å². The van der Waals surface area contributed by atoms with Gasteiger partial charge >= 0.3 is 0 Å². The molecule has 0 amide bonds. The van der Waals surface area contributed by atoms with Crippen molar-refractivity contribution in [3.8, 4) is 0 Å². The Morgan fingerprint density at radius 3 is 2.71 bits per heavy atom. The first-order valence-corrected chi connectivity index (χ1v) is 5.68. The van der Waals surface area contributed by atoms with Crippen molar-refractivity contribution in [3.05, 3.63) is 28.2 Å². The molecule has 2 rings (SSSR count). The van der Waals surface area contributed by atoms with Crippen molar-refractivity contribution in [2.75, 3.05) is 25.0 Å². The molecule has 2 nitrogen and oxygen atoms in total. The van der Waals surface area contributed by atoms with Crippen molar-refractivity contribution in [2.24, 2.45) is 0 Å². The molecule has 0 unspecified atom stereocenters. The summed E-state index contributed by atoms with van der Waals surface area (Å²) in [6.07, 6.45) is 0. The average Bonchev–Trinajstić information content (AvgIpc) is 2.09. The number of likely N-dealkylation sites (N-methyl/N-ethyl adjacent to an activating group) is 1. The van der Waals surface area contributed by atoms with Crippen molar-refractivity contribution < 1.29 is 0 Å². The van der Waals surface area contributed by atoms with Crippen molar-refractivity contribution >= 4 is 21.6 Å². The van der Waals surface area contributed by atoms with Crippen LogP contribution in [0.5, 0.6) is 0 Å². The zero-order valence-electron chi connectivity index (χ0n) is 8.55. The number of nitrogens with one attached hydrogen (secondary N) is 1. The molecular weight excluding hydrogens is 240 g/mol. The molecule has 1 aliphatic rings. The first-order valence-electron chi connectivity index (χ1n) is 4.89. The number of anilines is 1. The molecule has 0 atom stereocenters. The van der Waals surface area contributed by atoms with Gasteiger partial charge in [0.2, 0.25) is 0 Å². The molecule has 1 saturated heterocycles. The molecule has 1 heterocycles. The second-order valence-corrected chi connectivity index (χ2v) is 4.68. The van der Waals surface area contributed by atoms with E-state index in [2.05, 4.69) is 51.3 Å². The Balaban J connectivity index is 2.08. The van der Waals surface area contributed by atoms with Gasteiger partial charge in [-0.05, 0) is 37.7 Å². The fourth-order valence-corrected chi connectivity index (χ4v) is 1.94. The van der Waals surface area contributed by atoms with Gasteiger partial charge in [0.25, 0.3) is 0 Å². The molecular formula is C11H15BrN2. The van der Waals surface area contributed by atoms with Crippen LogP contribution in [-0.2, 0) is 0 Å². The van der Waals surface area contributed by atoms with Crippen molar-refractivity contribution in [1.82, 2.24) is 5.32 Å². The summed E-state index contributed by atoms with van der Waals surface area (Å²) in [5, 5.41) is 3.28. The predicted molar refractivity (Wildman–Crippen MR) is 63.9 cm³/mol. The van der Waals surface area contributed by atoms with Gasteiger partial charge in [0, 0.05) is 29.3 Å². The normalized spacial score (nSPS) is 16.9. The second-order valence-electron chi connectivity index (χ2n) is 3.82. The first kappa shape index (κ1) is 9.99. The Morgan fingerprint density at radius 1 is 1.43 bits per heavy atom. The number of aryl methyl sites for hydroxylation is 1. The van der Waals surface area contributed by atoms with E-state index in [-0.39, 0.29) is 0 Å². The van der Waals surface area contributed by atoms with Gasteiger partial charge in [-0.2, -0.15) is 0 Å². The summed E-state index contributed by atoms with van der Waals surface area (Å²) in [7, 11) is 2.02. The topological polar surface area (TPSA) is 15.3 Å². The maximum Gasteiger partial charge on any atom is 0.0418 e. The number of halogens is 1. The lowest BCUT2D eigenvalue weighted by Gasteiger charge is -2.41. The van der Waals surface area contributed by atoms with Crippen molar-refractivity contribution in [3.63, 3.8) is 0 Å². The fraction of sp³-hybridized carbons (Fsp3) is 0.455.